The smallest absolute Gasteiger partial charge is 0.126 e. The van der Waals surface area contributed by atoms with Crippen LogP contribution in [0.1, 0.15) is 62.8 Å². The third-order valence-electron chi connectivity index (χ3n) is 4.86. The molecular formula is C18H26ClNO. The van der Waals surface area contributed by atoms with Crippen LogP contribution in [0.4, 0.5) is 0 Å². The Hall–Kier alpha value is -0.730. The predicted molar refractivity (Wildman–Crippen MR) is 88.4 cm³/mol. The Morgan fingerprint density at radius 2 is 2.19 bits per heavy atom. The maximum atomic E-state index is 6.67. The van der Waals surface area contributed by atoms with E-state index in [4.69, 9.17) is 16.3 Å². The summed E-state index contributed by atoms with van der Waals surface area (Å²) in [4.78, 5) is 0. The number of hydrogen-bond acceptors (Lipinski definition) is 2. The Bertz CT molecular complexity index is 539. The van der Waals surface area contributed by atoms with Crippen molar-refractivity contribution in [1.82, 2.24) is 5.32 Å². The quantitative estimate of drug-likeness (QED) is 0.819. The van der Waals surface area contributed by atoms with Crippen LogP contribution < -0.4 is 10.1 Å². The number of hydrogen-bond donors (Lipinski definition) is 1. The number of nitrogens with one attached hydrogen (secondary N) is 1. The minimum absolute atomic E-state index is 0.333. The lowest BCUT2D eigenvalue weighted by Gasteiger charge is -2.28. The summed E-state index contributed by atoms with van der Waals surface area (Å²) in [6.07, 6.45) is 5.55. The van der Waals surface area contributed by atoms with Gasteiger partial charge in [-0.3, -0.25) is 0 Å². The number of ether oxygens (including phenoxy) is 1. The Morgan fingerprint density at radius 1 is 1.38 bits per heavy atom. The van der Waals surface area contributed by atoms with E-state index in [0.717, 1.165) is 49.6 Å². The van der Waals surface area contributed by atoms with Gasteiger partial charge in [0.15, 0.2) is 0 Å². The van der Waals surface area contributed by atoms with Crippen molar-refractivity contribution in [1.29, 1.82) is 0 Å². The van der Waals surface area contributed by atoms with E-state index in [-0.39, 0.29) is 0 Å². The normalized spacial score (nSPS) is 23.1. The molecule has 3 heteroatoms. The van der Waals surface area contributed by atoms with Crippen molar-refractivity contribution in [2.24, 2.45) is 5.41 Å². The van der Waals surface area contributed by atoms with Crippen molar-refractivity contribution in [3.8, 4) is 5.75 Å². The van der Waals surface area contributed by atoms with Gasteiger partial charge in [0.2, 0.25) is 0 Å². The molecule has 1 aliphatic carbocycles. The van der Waals surface area contributed by atoms with E-state index in [2.05, 4.69) is 32.2 Å². The number of fused-ring (bicyclic) bond motifs is 3. The fourth-order valence-corrected chi connectivity index (χ4v) is 4.10. The topological polar surface area (TPSA) is 21.3 Å². The minimum Gasteiger partial charge on any atom is -0.493 e. The fraction of sp³-hybridized carbons (Fsp3) is 0.667. The van der Waals surface area contributed by atoms with Gasteiger partial charge in [0, 0.05) is 23.0 Å². The second-order valence-electron chi connectivity index (χ2n) is 7.21. The van der Waals surface area contributed by atoms with E-state index in [1.54, 1.807) is 0 Å². The highest BCUT2D eigenvalue weighted by atomic mass is 35.5. The molecule has 0 saturated heterocycles. The van der Waals surface area contributed by atoms with Crippen LogP contribution in [0.25, 0.3) is 0 Å². The van der Waals surface area contributed by atoms with E-state index in [1.807, 2.05) is 0 Å². The zero-order valence-electron chi connectivity index (χ0n) is 13.4. The molecule has 116 valence electrons. The standard InChI is InChI=1S/C18H26ClNO/c1-4-8-20-15-11-18(2,3)7-5-13-16(15)14(19)10-12-6-9-21-17(12)13/h10,15,20H,4-9,11H2,1-3H3. The van der Waals surface area contributed by atoms with Gasteiger partial charge in [0.25, 0.3) is 0 Å². The first-order chi connectivity index (χ1) is 10.0. The SMILES string of the molecule is CCCNC1CC(C)(C)CCc2c3c(cc(Cl)c21)CCO3. The van der Waals surface area contributed by atoms with Gasteiger partial charge < -0.3 is 10.1 Å². The van der Waals surface area contributed by atoms with Crippen LogP contribution in [-0.2, 0) is 12.8 Å². The minimum atomic E-state index is 0.333. The number of benzene rings is 1. The molecule has 0 radical (unpaired) electrons. The van der Waals surface area contributed by atoms with Gasteiger partial charge in [-0.05, 0) is 54.8 Å². The number of halogens is 1. The summed E-state index contributed by atoms with van der Waals surface area (Å²) in [6, 6.07) is 2.49. The molecule has 0 fully saturated rings. The molecule has 1 aromatic carbocycles. The van der Waals surface area contributed by atoms with Gasteiger partial charge in [-0.25, -0.2) is 0 Å². The summed E-state index contributed by atoms with van der Waals surface area (Å²) in [5, 5.41) is 4.65. The van der Waals surface area contributed by atoms with Crippen molar-refractivity contribution >= 4 is 11.6 Å². The molecule has 1 unspecified atom stereocenters. The zero-order chi connectivity index (χ0) is 15.0. The fourth-order valence-electron chi connectivity index (χ4n) is 3.72. The molecule has 1 atom stereocenters. The number of rotatable bonds is 3. The first-order valence-electron chi connectivity index (χ1n) is 8.22. The molecule has 0 bridgehead atoms. The maximum absolute atomic E-state index is 6.67. The highest BCUT2D eigenvalue weighted by molar-refractivity contribution is 6.31. The first kappa shape index (κ1) is 15.2. The molecular weight excluding hydrogens is 282 g/mol. The molecule has 0 spiro atoms. The lowest BCUT2D eigenvalue weighted by molar-refractivity contribution is 0.273. The lowest BCUT2D eigenvalue weighted by atomic mass is 9.83. The summed E-state index contributed by atoms with van der Waals surface area (Å²) < 4.78 is 5.94. The van der Waals surface area contributed by atoms with Crippen LogP contribution in [0.2, 0.25) is 5.02 Å². The van der Waals surface area contributed by atoms with Crippen molar-refractivity contribution < 1.29 is 4.74 Å². The van der Waals surface area contributed by atoms with Crippen LogP contribution in [-0.4, -0.2) is 13.2 Å². The molecule has 1 aromatic rings. The third kappa shape index (κ3) is 2.93. The molecule has 3 rings (SSSR count). The Labute approximate surface area is 133 Å². The highest BCUT2D eigenvalue weighted by Gasteiger charge is 2.34. The van der Waals surface area contributed by atoms with E-state index in [0.29, 0.717) is 11.5 Å². The van der Waals surface area contributed by atoms with Crippen LogP contribution in [0.3, 0.4) is 0 Å². The average molecular weight is 308 g/mol. The molecule has 0 saturated carbocycles. The monoisotopic (exact) mass is 307 g/mol. The molecule has 2 nitrogen and oxygen atoms in total. The summed E-state index contributed by atoms with van der Waals surface area (Å²) in [5.74, 6) is 1.13. The Morgan fingerprint density at radius 3 is 2.95 bits per heavy atom. The van der Waals surface area contributed by atoms with Gasteiger partial charge in [0.05, 0.1) is 6.61 Å². The van der Waals surface area contributed by atoms with Crippen LogP contribution in [0.5, 0.6) is 5.75 Å². The molecule has 2 aliphatic rings. The summed E-state index contributed by atoms with van der Waals surface area (Å²) in [6.45, 7) is 8.79. The van der Waals surface area contributed by atoms with Crippen LogP contribution in [0, 0.1) is 5.41 Å². The molecule has 21 heavy (non-hydrogen) atoms. The maximum Gasteiger partial charge on any atom is 0.126 e. The molecule has 0 aromatic heterocycles. The van der Waals surface area contributed by atoms with Gasteiger partial charge in [0.1, 0.15) is 5.75 Å². The molecule has 1 heterocycles. The molecule has 0 amide bonds. The van der Waals surface area contributed by atoms with Gasteiger partial charge in [-0.15, -0.1) is 0 Å². The zero-order valence-corrected chi connectivity index (χ0v) is 14.1. The average Bonchev–Trinajstić information content (AvgIpc) is 2.83. The summed E-state index contributed by atoms with van der Waals surface area (Å²) >= 11 is 6.67. The van der Waals surface area contributed by atoms with E-state index < -0.39 is 0 Å². The van der Waals surface area contributed by atoms with Gasteiger partial charge in [-0.2, -0.15) is 0 Å². The first-order valence-corrected chi connectivity index (χ1v) is 8.60. The second kappa shape index (κ2) is 5.81. The highest BCUT2D eigenvalue weighted by Crippen LogP contribution is 2.47. The molecule has 1 aliphatic heterocycles. The van der Waals surface area contributed by atoms with E-state index >= 15 is 0 Å². The largest absolute Gasteiger partial charge is 0.493 e. The second-order valence-corrected chi connectivity index (χ2v) is 7.62. The van der Waals surface area contributed by atoms with Crippen molar-refractivity contribution in [2.45, 2.75) is 58.9 Å². The van der Waals surface area contributed by atoms with Crippen LogP contribution >= 0.6 is 11.6 Å². The van der Waals surface area contributed by atoms with Gasteiger partial charge >= 0.3 is 0 Å². The molecule has 1 N–H and O–H groups in total. The van der Waals surface area contributed by atoms with Crippen molar-refractivity contribution in [3.05, 3.63) is 27.8 Å². The summed E-state index contributed by atoms with van der Waals surface area (Å²) in [7, 11) is 0. The van der Waals surface area contributed by atoms with Crippen molar-refractivity contribution in [3.63, 3.8) is 0 Å². The van der Waals surface area contributed by atoms with Crippen molar-refractivity contribution in [2.75, 3.05) is 13.2 Å². The Balaban J connectivity index is 2.07. The van der Waals surface area contributed by atoms with E-state index in [9.17, 15) is 0 Å². The summed E-state index contributed by atoms with van der Waals surface area (Å²) in [5.41, 5.74) is 4.30. The van der Waals surface area contributed by atoms with E-state index in [1.165, 1.54) is 23.1 Å². The van der Waals surface area contributed by atoms with Crippen LogP contribution in [0.15, 0.2) is 6.07 Å². The third-order valence-corrected chi connectivity index (χ3v) is 5.18. The lowest BCUT2D eigenvalue weighted by Crippen LogP contribution is -2.26. The Kier molecular flexibility index (Phi) is 4.20. The predicted octanol–water partition coefficient (Wildman–Crippen LogP) is 4.68. The van der Waals surface area contributed by atoms with Gasteiger partial charge in [-0.1, -0.05) is 32.4 Å².